The first-order valence-corrected chi connectivity index (χ1v) is 8.72. The standard InChI is InChI=1S/C20H20ClN3O2/c1-13-5-4-6-17-19(13)22-12-24(20(17)26)11-18(25)23(3)14(2)15-7-9-16(21)10-8-15/h4-10,12,14H,11H2,1-3H3. The number of fused-ring (bicyclic) bond motifs is 1. The zero-order valence-corrected chi connectivity index (χ0v) is 15.7. The summed E-state index contributed by atoms with van der Waals surface area (Å²) >= 11 is 5.92. The van der Waals surface area contributed by atoms with Crippen molar-refractivity contribution in [1.82, 2.24) is 14.5 Å². The van der Waals surface area contributed by atoms with Gasteiger partial charge in [0.15, 0.2) is 0 Å². The van der Waals surface area contributed by atoms with E-state index in [2.05, 4.69) is 4.98 Å². The lowest BCUT2D eigenvalue weighted by Crippen LogP contribution is -2.35. The Morgan fingerprint density at radius 1 is 1.23 bits per heavy atom. The molecular weight excluding hydrogens is 350 g/mol. The van der Waals surface area contributed by atoms with Gasteiger partial charge in [0, 0.05) is 12.1 Å². The van der Waals surface area contributed by atoms with E-state index in [0.717, 1.165) is 11.1 Å². The van der Waals surface area contributed by atoms with Crippen LogP contribution in [-0.2, 0) is 11.3 Å². The van der Waals surface area contributed by atoms with Gasteiger partial charge in [0.05, 0.1) is 23.3 Å². The second kappa shape index (κ2) is 7.30. The summed E-state index contributed by atoms with van der Waals surface area (Å²) in [6.45, 7) is 3.79. The lowest BCUT2D eigenvalue weighted by molar-refractivity contribution is -0.132. The van der Waals surface area contributed by atoms with E-state index >= 15 is 0 Å². The summed E-state index contributed by atoms with van der Waals surface area (Å²) in [4.78, 5) is 31.3. The van der Waals surface area contributed by atoms with Crippen molar-refractivity contribution in [2.75, 3.05) is 7.05 Å². The molecule has 0 N–H and O–H groups in total. The number of para-hydroxylation sites is 1. The maximum Gasteiger partial charge on any atom is 0.261 e. The van der Waals surface area contributed by atoms with Crippen LogP contribution in [-0.4, -0.2) is 27.4 Å². The highest BCUT2D eigenvalue weighted by Crippen LogP contribution is 2.21. The summed E-state index contributed by atoms with van der Waals surface area (Å²) < 4.78 is 1.36. The average molecular weight is 370 g/mol. The predicted molar refractivity (Wildman–Crippen MR) is 103 cm³/mol. The van der Waals surface area contributed by atoms with Gasteiger partial charge < -0.3 is 4.90 Å². The average Bonchev–Trinajstić information content (AvgIpc) is 2.64. The summed E-state index contributed by atoms with van der Waals surface area (Å²) in [6, 6.07) is 12.7. The SMILES string of the molecule is Cc1cccc2c(=O)n(CC(=O)N(C)C(C)c3ccc(Cl)cc3)cnc12. The summed E-state index contributed by atoms with van der Waals surface area (Å²) in [5.41, 5.74) is 2.38. The molecule has 1 amide bonds. The third-order valence-corrected chi connectivity index (χ3v) is 4.94. The smallest absolute Gasteiger partial charge is 0.261 e. The van der Waals surface area contributed by atoms with Crippen LogP contribution in [0.5, 0.6) is 0 Å². The first-order chi connectivity index (χ1) is 12.4. The number of carbonyl (C=O) groups excluding carboxylic acids is 1. The molecule has 6 heteroatoms. The molecule has 0 radical (unpaired) electrons. The number of benzene rings is 2. The van der Waals surface area contributed by atoms with Gasteiger partial charge in [-0.3, -0.25) is 14.2 Å². The summed E-state index contributed by atoms with van der Waals surface area (Å²) in [6.07, 6.45) is 1.44. The fraction of sp³-hybridized carbons (Fsp3) is 0.250. The molecule has 1 unspecified atom stereocenters. The van der Waals surface area contributed by atoms with Gasteiger partial charge in [0.1, 0.15) is 6.54 Å². The van der Waals surface area contributed by atoms with E-state index in [4.69, 9.17) is 11.6 Å². The molecule has 0 spiro atoms. The van der Waals surface area contributed by atoms with Crippen molar-refractivity contribution in [2.24, 2.45) is 0 Å². The summed E-state index contributed by atoms with van der Waals surface area (Å²) in [7, 11) is 1.73. The number of rotatable bonds is 4. The number of halogens is 1. The highest BCUT2D eigenvalue weighted by atomic mass is 35.5. The van der Waals surface area contributed by atoms with Crippen LogP contribution >= 0.6 is 11.6 Å². The van der Waals surface area contributed by atoms with Crippen LogP contribution in [0, 0.1) is 6.92 Å². The zero-order chi connectivity index (χ0) is 18.8. The minimum Gasteiger partial charge on any atom is -0.337 e. The Morgan fingerprint density at radius 2 is 1.92 bits per heavy atom. The minimum absolute atomic E-state index is 0.0514. The minimum atomic E-state index is -0.209. The quantitative estimate of drug-likeness (QED) is 0.706. The van der Waals surface area contributed by atoms with Crippen molar-refractivity contribution in [3.63, 3.8) is 0 Å². The van der Waals surface area contributed by atoms with E-state index in [1.807, 2.05) is 38.1 Å². The van der Waals surface area contributed by atoms with Crippen molar-refractivity contribution in [2.45, 2.75) is 26.4 Å². The van der Waals surface area contributed by atoms with Gasteiger partial charge in [-0.25, -0.2) is 4.98 Å². The Kier molecular flexibility index (Phi) is 5.09. The monoisotopic (exact) mass is 369 g/mol. The van der Waals surface area contributed by atoms with Gasteiger partial charge in [-0.05, 0) is 43.2 Å². The molecule has 2 aromatic carbocycles. The van der Waals surface area contributed by atoms with Crippen molar-refractivity contribution >= 4 is 28.4 Å². The molecule has 26 heavy (non-hydrogen) atoms. The van der Waals surface area contributed by atoms with E-state index in [1.165, 1.54) is 10.9 Å². The van der Waals surface area contributed by atoms with E-state index in [1.54, 1.807) is 30.1 Å². The predicted octanol–water partition coefficient (Wildman–Crippen LogP) is 3.58. The fourth-order valence-corrected chi connectivity index (χ4v) is 3.01. The molecular formula is C20H20ClN3O2. The van der Waals surface area contributed by atoms with Crippen LogP contribution in [0.4, 0.5) is 0 Å². The number of aryl methyl sites for hydroxylation is 1. The molecule has 3 aromatic rings. The first kappa shape index (κ1) is 18.1. The van der Waals surface area contributed by atoms with Crippen LogP contribution in [0.1, 0.15) is 24.1 Å². The van der Waals surface area contributed by atoms with Crippen LogP contribution in [0.25, 0.3) is 10.9 Å². The maximum absolute atomic E-state index is 12.7. The van der Waals surface area contributed by atoms with E-state index in [0.29, 0.717) is 15.9 Å². The van der Waals surface area contributed by atoms with Crippen LogP contribution in [0.3, 0.4) is 0 Å². The number of carbonyl (C=O) groups is 1. The highest BCUT2D eigenvalue weighted by Gasteiger charge is 2.18. The Labute approximate surface area is 156 Å². The van der Waals surface area contributed by atoms with E-state index < -0.39 is 0 Å². The Bertz CT molecular complexity index is 1010. The number of likely N-dealkylation sites (N-methyl/N-ethyl adjacent to an activating group) is 1. The molecule has 0 bridgehead atoms. The molecule has 3 rings (SSSR count). The largest absolute Gasteiger partial charge is 0.337 e. The number of hydrogen-bond donors (Lipinski definition) is 0. The van der Waals surface area contributed by atoms with Gasteiger partial charge in [-0.1, -0.05) is 35.9 Å². The lowest BCUT2D eigenvalue weighted by atomic mass is 10.1. The zero-order valence-electron chi connectivity index (χ0n) is 14.9. The van der Waals surface area contributed by atoms with Gasteiger partial charge in [-0.15, -0.1) is 0 Å². The molecule has 0 saturated carbocycles. The second-order valence-corrected chi connectivity index (χ2v) is 6.82. The second-order valence-electron chi connectivity index (χ2n) is 6.38. The molecule has 0 aliphatic carbocycles. The molecule has 1 heterocycles. The molecule has 1 atom stereocenters. The fourth-order valence-electron chi connectivity index (χ4n) is 2.89. The first-order valence-electron chi connectivity index (χ1n) is 8.34. The third-order valence-electron chi connectivity index (χ3n) is 4.69. The van der Waals surface area contributed by atoms with Gasteiger partial charge in [-0.2, -0.15) is 0 Å². The molecule has 134 valence electrons. The van der Waals surface area contributed by atoms with Crippen molar-refractivity contribution < 1.29 is 4.79 Å². The van der Waals surface area contributed by atoms with Gasteiger partial charge in [0.2, 0.25) is 5.91 Å². The van der Waals surface area contributed by atoms with Crippen molar-refractivity contribution in [3.8, 4) is 0 Å². The normalized spacial score (nSPS) is 12.2. The van der Waals surface area contributed by atoms with Crippen molar-refractivity contribution in [1.29, 1.82) is 0 Å². The Hall–Kier alpha value is -2.66. The van der Waals surface area contributed by atoms with Crippen LogP contribution in [0.2, 0.25) is 5.02 Å². The van der Waals surface area contributed by atoms with Gasteiger partial charge in [0.25, 0.3) is 5.56 Å². The summed E-state index contributed by atoms with van der Waals surface area (Å²) in [5, 5.41) is 1.17. The van der Waals surface area contributed by atoms with E-state index in [-0.39, 0.29) is 24.1 Å². The molecule has 0 saturated heterocycles. The molecule has 0 aliphatic rings. The lowest BCUT2D eigenvalue weighted by Gasteiger charge is -2.25. The van der Waals surface area contributed by atoms with Crippen LogP contribution in [0.15, 0.2) is 53.6 Å². The van der Waals surface area contributed by atoms with E-state index in [9.17, 15) is 9.59 Å². The highest BCUT2D eigenvalue weighted by molar-refractivity contribution is 6.30. The third kappa shape index (κ3) is 3.48. The van der Waals surface area contributed by atoms with Crippen LogP contribution < -0.4 is 5.56 Å². The summed E-state index contributed by atoms with van der Waals surface area (Å²) in [5.74, 6) is -0.164. The topological polar surface area (TPSA) is 55.2 Å². The molecule has 1 aromatic heterocycles. The molecule has 5 nitrogen and oxygen atoms in total. The number of aromatic nitrogens is 2. The maximum atomic E-state index is 12.7. The number of nitrogens with zero attached hydrogens (tertiary/aromatic N) is 3. The number of amides is 1. The van der Waals surface area contributed by atoms with Gasteiger partial charge >= 0.3 is 0 Å². The molecule has 0 aliphatic heterocycles. The molecule has 0 fully saturated rings. The number of hydrogen-bond acceptors (Lipinski definition) is 3. The Morgan fingerprint density at radius 3 is 2.62 bits per heavy atom. The van der Waals surface area contributed by atoms with Crippen molar-refractivity contribution in [3.05, 3.63) is 75.3 Å². The Balaban J connectivity index is 1.83.